The lowest BCUT2D eigenvalue weighted by Gasteiger charge is -2.31. The third-order valence-corrected chi connectivity index (χ3v) is 8.48. The molecule has 13 heteroatoms. The van der Waals surface area contributed by atoms with Crippen LogP contribution in [0.4, 0.5) is 4.79 Å². The predicted molar refractivity (Wildman–Crippen MR) is 149 cm³/mol. The summed E-state index contributed by atoms with van der Waals surface area (Å²) in [5.74, 6) is -2.56. The van der Waals surface area contributed by atoms with Crippen molar-refractivity contribution in [1.82, 2.24) is 15.5 Å². The first-order valence-electron chi connectivity index (χ1n) is 13.1. The lowest BCUT2D eigenvalue weighted by Crippen LogP contribution is -2.53. The number of ether oxygens (including phenoxy) is 1. The van der Waals surface area contributed by atoms with E-state index < -0.39 is 37.5 Å². The molecule has 1 rings (SSSR count). The molecule has 0 saturated heterocycles. The van der Waals surface area contributed by atoms with Crippen LogP contribution in [0.3, 0.4) is 0 Å². The topological polar surface area (TPSA) is 144 Å². The van der Waals surface area contributed by atoms with Crippen LogP contribution in [-0.2, 0) is 34.5 Å². The number of alkyl carbamates (subject to hydrolysis) is 1. The molecule has 3 N–H and O–H groups in total. The molecule has 1 aromatic carbocycles. The number of hydrogen-bond acceptors (Lipinski definition) is 8. The number of halogens is 1. The molecule has 0 spiro atoms. The van der Waals surface area contributed by atoms with E-state index in [9.17, 15) is 24.1 Å². The zero-order valence-corrected chi connectivity index (χ0v) is 25.3. The fraction of sp³-hybridized carbons (Fsp3) is 0.654. The molecule has 0 aliphatic heterocycles. The van der Waals surface area contributed by atoms with E-state index in [0.717, 1.165) is 6.42 Å². The largest absolute Gasteiger partial charge is 0.445 e. The Hall–Kier alpha value is -2.17. The molecule has 0 aliphatic carbocycles. The van der Waals surface area contributed by atoms with Crippen molar-refractivity contribution in [3.63, 3.8) is 0 Å². The quantitative estimate of drug-likeness (QED) is 0.227. The average Bonchev–Trinajstić information content (AvgIpc) is 2.88. The van der Waals surface area contributed by atoms with Gasteiger partial charge in [0.1, 0.15) is 12.6 Å². The van der Waals surface area contributed by atoms with Crippen molar-refractivity contribution in [3.8, 4) is 0 Å². The Bertz CT molecular complexity index is 970. The molecular weight excluding hydrogens is 549 g/mol. The number of benzene rings is 1. The highest BCUT2D eigenvalue weighted by Crippen LogP contribution is 2.53. The van der Waals surface area contributed by atoms with Crippen molar-refractivity contribution < 1.29 is 37.8 Å². The SMILES string of the molecule is CCOP(=O)(OCC)C(O)[C@H](CCC(=O)N(C)C)NC(=O)C(CC(C)CC)NC(=O)OCc1cccc(Cl)c1. The summed E-state index contributed by atoms with van der Waals surface area (Å²) >= 11 is 5.98. The van der Waals surface area contributed by atoms with Crippen LogP contribution < -0.4 is 10.6 Å². The van der Waals surface area contributed by atoms with E-state index >= 15 is 0 Å². The molecule has 0 saturated carbocycles. The van der Waals surface area contributed by atoms with Crippen molar-refractivity contribution >= 4 is 37.1 Å². The number of aliphatic hydroxyl groups excluding tert-OH is 1. The monoisotopic (exact) mass is 591 g/mol. The molecule has 0 aromatic heterocycles. The minimum absolute atomic E-state index is 0.00228. The van der Waals surface area contributed by atoms with Crippen LogP contribution in [0.5, 0.6) is 0 Å². The van der Waals surface area contributed by atoms with E-state index in [1.54, 1.807) is 52.2 Å². The van der Waals surface area contributed by atoms with E-state index in [4.69, 9.17) is 25.4 Å². The molecule has 4 atom stereocenters. The van der Waals surface area contributed by atoms with Crippen molar-refractivity contribution in [1.29, 1.82) is 0 Å². The molecule has 1 aromatic rings. The van der Waals surface area contributed by atoms with E-state index in [0.29, 0.717) is 10.6 Å². The molecule has 222 valence electrons. The minimum Gasteiger partial charge on any atom is -0.445 e. The Morgan fingerprint density at radius 2 is 1.74 bits per heavy atom. The van der Waals surface area contributed by atoms with Gasteiger partial charge < -0.3 is 34.4 Å². The van der Waals surface area contributed by atoms with Crippen molar-refractivity contribution in [2.24, 2.45) is 5.92 Å². The van der Waals surface area contributed by atoms with Crippen LogP contribution in [-0.4, -0.2) is 73.2 Å². The first-order chi connectivity index (χ1) is 18.4. The zero-order valence-electron chi connectivity index (χ0n) is 23.6. The number of nitrogens with zero attached hydrogens (tertiary/aromatic N) is 1. The molecule has 0 radical (unpaired) electrons. The van der Waals surface area contributed by atoms with E-state index in [-0.39, 0.29) is 50.9 Å². The van der Waals surface area contributed by atoms with Gasteiger partial charge in [0.2, 0.25) is 11.8 Å². The van der Waals surface area contributed by atoms with Crippen LogP contribution in [0.15, 0.2) is 24.3 Å². The fourth-order valence-electron chi connectivity index (χ4n) is 3.61. The second-order valence-electron chi connectivity index (χ2n) is 9.38. The first-order valence-corrected chi connectivity index (χ1v) is 15.1. The van der Waals surface area contributed by atoms with Crippen LogP contribution >= 0.6 is 19.2 Å². The second kappa shape index (κ2) is 17.5. The normalized spacial score (nSPS) is 14.6. The fourth-order valence-corrected chi connectivity index (χ4v) is 5.59. The number of carbonyl (C=O) groups excluding carboxylic acids is 3. The summed E-state index contributed by atoms with van der Waals surface area (Å²) in [6.07, 6.45) is 0.133. The van der Waals surface area contributed by atoms with E-state index in [2.05, 4.69) is 10.6 Å². The summed E-state index contributed by atoms with van der Waals surface area (Å²) in [7, 11) is -0.889. The van der Waals surface area contributed by atoms with Gasteiger partial charge in [-0.3, -0.25) is 14.2 Å². The first kappa shape index (κ1) is 34.9. The smallest absolute Gasteiger partial charge is 0.408 e. The number of rotatable bonds is 17. The Morgan fingerprint density at radius 1 is 1.10 bits per heavy atom. The van der Waals surface area contributed by atoms with Gasteiger partial charge in [0.05, 0.1) is 19.3 Å². The maximum Gasteiger partial charge on any atom is 0.408 e. The standard InChI is InChI=1S/C26H43ClN3O8P/c1-7-18(4)15-22(29-26(34)36-17-19-11-10-12-20(27)16-19)24(32)28-21(13-14-23(31)30(5)6)25(33)39(35,37-8-2)38-9-3/h10-12,16,18,21-22,25,33H,7-9,13-15,17H2,1-6H3,(H,28,32)(H,29,34)/t18?,21-,22?,25?/m0/s1. The highest BCUT2D eigenvalue weighted by atomic mass is 35.5. The molecule has 0 heterocycles. The molecule has 3 unspecified atom stereocenters. The Kier molecular flexibility index (Phi) is 15.6. The van der Waals surface area contributed by atoms with E-state index in [1.807, 2.05) is 13.8 Å². The summed E-state index contributed by atoms with van der Waals surface area (Å²) in [5.41, 5.74) is 0.678. The van der Waals surface area contributed by atoms with Crippen LogP contribution in [0.25, 0.3) is 0 Å². The van der Waals surface area contributed by atoms with Crippen molar-refractivity contribution in [3.05, 3.63) is 34.9 Å². The third kappa shape index (κ3) is 12.3. The van der Waals surface area contributed by atoms with Gasteiger partial charge in [-0.15, -0.1) is 0 Å². The highest BCUT2D eigenvalue weighted by Gasteiger charge is 2.41. The molecule has 39 heavy (non-hydrogen) atoms. The number of aliphatic hydroxyl groups is 1. The van der Waals surface area contributed by atoms with Crippen LogP contribution in [0.1, 0.15) is 58.9 Å². The molecule has 0 fully saturated rings. The lowest BCUT2D eigenvalue weighted by molar-refractivity contribution is -0.130. The minimum atomic E-state index is -4.05. The van der Waals surface area contributed by atoms with E-state index in [1.165, 1.54) is 4.90 Å². The summed E-state index contributed by atoms with van der Waals surface area (Å²) in [4.78, 5) is 39.6. The maximum atomic E-state index is 13.4. The summed E-state index contributed by atoms with van der Waals surface area (Å²) in [6.45, 7) is 7.04. The number of nitrogens with one attached hydrogen (secondary N) is 2. The second-order valence-corrected chi connectivity index (χ2v) is 11.9. The third-order valence-electron chi connectivity index (χ3n) is 6.00. The van der Waals surface area contributed by atoms with Crippen LogP contribution in [0, 0.1) is 5.92 Å². The predicted octanol–water partition coefficient (Wildman–Crippen LogP) is 4.31. The average molecular weight is 592 g/mol. The highest BCUT2D eigenvalue weighted by molar-refractivity contribution is 7.54. The summed E-state index contributed by atoms with van der Waals surface area (Å²) in [5, 5.41) is 16.8. The zero-order chi connectivity index (χ0) is 29.6. The van der Waals surface area contributed by atoms with Gasteiger partial charge in [-0.1, -0.05) is 44.0 Å². The van der Waals surface area contributed by atoms with Crippen molar-refractivity contribution in [2.45, 2.75) is 77.9 Å². The van der Waals surface area contributed by atoms with Crippen molar-refractivity contribution in [2.75, 3.05) is 27.3 Å². The molecular formula is C26H43ClN3O8P. The van der Waals surface area contributed by atoms with Gasteiger partial charge >= 0.3 is 13.7 Å². The molecule has 11 nitrogen and oxygen atoms in total. The Labute approximate surface area is 236 Å². The molecule has 0 aliphatic rings. The van der Waals surface area contributed by atoms with Gasteiger partial charge in [-0.05, 0) is 50.3 Å². The number of carbonyl (C=O) groups is 3. The van der Waals surface area contributed by atoms with Gasteiger partial charge in [-0.25, -0.2) is 4.79 Å². The van der Waals surface area contributed by atoms with Crippen LogP contribution in [0.2, 0.25) is 5.02 Å². The maximum absolute atomic E-state index is 13.4. The number of amides is 3. The molecule has 3 amide bonds. The summed E-state index contributed by atoms with van der Waals surface area (Å²) < 4.78 is 29.1. The van der Waals surface area contributed by atoms with Gasteiger partial charge in [-0.2, -0.15) is 0 Å². The van der Waals surface area contributed by atoms with Gasteiger partial charge in [0.15, 0.2) is 5.85 Å². The lowest BCUT2D eigenvalue weighted by atomic mass is 9.98. The molecule has 0 bridgehead atoms. The van der Waals surface area contributed by atoms with Gasteiger partial charge in [0.25, 0.3) is 0 Å². The summed E-state index contributed by atoms with van der Waals surface area (Å²) in [6, 6.07) is 4.66. The van der Waals surface area contributed by atoms with Gasteiger partial charge in [0, 0.05) is 25.5 Å². The Morgan fingerprint density at radius 3 is 2.28 bits per heavy atom. The number of hydrogen-bond donors (Lipinski definition) is 3. The Balaban J connectivity index is 3.10.